The van der Waals surface area contributed by atoms with E-state index in [1.165, 1.54) is 18.4 Å². The first-order chi connectivity index (χ1) is 21.1. The number of methoxy groups -OCH3 is 1. The Bertz CT molecular complexity index is 1680. The van der Waals surface area contributed by atoms with Crippen LogP contribution in [0.2, 0.25) is 0 Å². The summed E-state index contributed by atoms with van der Waals surface area (Å²) in [5, 5.41) is 1.10. The zero-order chi connectivity index (χ0) is 31.2. The van der Waals surface area contributed by atoms with E-state index in [1.54, 1.807) is 0 Å². The minimum absolute atomic E-state index is 0.410. The third-order valence-corrected chi connectivity index (χ3v) is 8.69. The molecule has 4 aromatic rings. The van der Waals surface area contributed by atoms with Crippen LogP contribution in [0.3, 0.4) is 0 Å². The van der Waals surface area contributed by atoms with E-state index in [0.29, 0.717) is 0 Å². The zero-order valence-corrected chi connectivity index (χ0v) is 27.1. The fourth-order valence-electron chi connectivity index (χ4n) is 6.66. The summed E-state index contributed by atoms with van der Waals surface area (Å²) in [6.07, 6.45) is -0.912. The largest absolute Gasteiger partial charge is 0.467 e. The molecule has 1 atom stereocenters. The standard InChI is InChI=1S/C36H44N4O4/c1-23-11-13-26(14-12-23)31-28-21-24(2)39-15-16-40(29-10-8-9-27(37-29)22-38-17-19-43-20-18-38)32(33(28)39)25(3)30(31)34(35(41)42-7)44-36(4,5)6/h8-14,21,34H,15-20,22H2,1-7H3/t34-/m0/s1. The van der Waals surface area contributed by atoms with Gasteiger partial charge in [-0.2, -0.15) is 0 Å². The van der Waals surface area contributed by atoms with Crippen molar-refractivity contribution in [3.05, 3.63) is 76.6 Å². The van der Waals surface area contributed by atoms with Gasteiger partial charge in [-0.1, -0.05) is 35.9 Å². The average Bonchev–Trinajstić information content (AvgIpc) is 3.34. The van der Waals surface area contributed by atoms with Crippen LogP contribution < -0.4 is 4.90 Å². The predicted molar refractivity (Wildman–Crippen MR) is 175 cm³/mol. The first kappa shape index (κ1) is 30.3. The van der Waals surface area contributed by atoms with Gasteiger partial charge in [0.05, 0.1) is 42.8 Å². The van der Waals surface area contributed by atoms with Gasteiger partial charge in [0.25, 0.3) is 0 Å². The van der Waals surface area contributed by atoms with Crippen LogP contribution in [0.1, 0.15) is 55.0 Å². The van der Waals surface area contributed by atoms with E-state index in [4.69, 9.17) is 19.2 Å². The number of aryl methyl sites for hydroxylation is 2. The first-order valence-corrected chi connectivity index (χ1v) is 15.6. The molecule has 2 aliphatic heterocycles. The van der Waals surface area contributed by atoms with E-state index in [0.717, 1.165) is 96.3 Å². The lowest BCUT2D eigenvalue weighted by molar-refractivity contribution is -0.164. The molecule has 0 spiro atoms. The molecule has 0 aliphatic carbocycles. The van der Waals surface area contributed by atoms with Crippen LogP contribution in [0.4, 0.5) is 11.5 Å². The molecule has 1 fully saturated rings. The van der Waals surface area contributed by atoms with Crippen LogP contribution in [0, 0.1) is 20.8 Å². The number of morpholine rings is 1. The van der Waals surface area contributed by atoms with E-state index in [-0.39, 0.29) is 0 Å². The molecule has 0 saturated carbocycles. The Kier molecular flexibility index (Phi) is 8.26. The monoisotopic (exact) mass is 596 g/mol. The van der Waals surface area contributed by atoms with Crippen LogP contribution >= 0.6 is 0 Å². The smallest absolute Gasteiger partial charge is 0.339 e. The molecule has 0 bridgehead atoms. The van der Waals surface area contributed by atoms with E-state index < -0.39 is 17.7 Å². The first-order valence-electron chi connectivity index (χ1n) is 15.6. The average molecular weight is 597 g/mol. The Morgan fingerprint density at radius 3 is 2.41 bits per heavy atom. The topological polar surface area (TPSA) is 69.1 Å². The summed E-state index contributed by atoms with van der Waals surface area (Å²) in [5.41, 5.74) is 8.93. The molecule has 2 aliphatic rings. The number of anilines is 2. The maximum atomic E-state index is 13.6. The zero-order valence-electron chi connectivity index (χ0n) is 27.1. The second kappa shape index (κ2) is 12.0. The minimum atomic E-state index is -0.912. The fraction of sp³-hybridized carbons (Fsp3) is 0.444. The van der Waals surface area contributed by atoms with E-state index >= 15 is 0 Å². The number of carbonyl (C=O) groups is 1. The number of hydrogen-bond donors (Lipinski definition) is 0. The number of hydrogen-bond acceptors (Lipinski definition) is 7. The van der Waals surface area contributed by atoms with Gasteiger partial charge in [-0.15, -0.1) is 0 Å². The van der Waals surface area contributed by atoms with Crippen molar-refractivity contribution in [3.8, 4) is 11.1 Å². The van der Waals surface area contributed by atoms with Gasteiger partial charge in [-0.3, -0.25) is 4.90 Å². The van der Waals surface area contributed by atoms with Gasteiger partial charge in [0.15, 0.2) is 6.10 Å². The quantitative estimate of drug-likeness (QED) is 0.222. The summed E-state index contributed by atoms with van der Waals surface area (Å²) < 4.78 is 19.9. The molecule has 0 N–H and O–H groups in total. The van der Waals surface area contributed by atoms with E-state index in [1.807, 2.05) is 20.8 Å². The van der Waals surface area contributed by atoms with Crippen molar-refractivity contribution in [1.82, 2.24) is 14.5 Å². The predicted octanol–water partition coefficient (Wildman–Crippen LogP) is 6.64. The lowest BCUT2D eigenvalue weighted by Crippen LogP contribution is -2.36. The molecule has 2 aromatic carbocycles. The molecule has 0 unspecified atom stereocenters. The van der Waals surface area contributed by atoms with Crippen LogP contribution in [-0.4, -0.2) is 66.0 Å². The number of rotatable bonds is 7. The number of esters is 1. The third kappa shape index (κ3) is 5.74. The highest BCUT2D eigenvalue weighted by Crippen LogP contribution is 2.49. The molecule has 0 radical (unpaired) electrons. The molecule has 6 rings (SSSR count). The molecule has 0 amide bonds. The number of carbonyl (C=O) groups excluding carboxylic acids is 1. The Morgan fingerprint density at radius 1 is 1.00 bits per heavy atom. The summed E-state index contributed by atoms with van der Waals surface area (Å²) >= 11 is 0. The highest BCUT2D eigenvalue weighted by molar-refractivity contribution is 6.08. The van der Waals surface area contributed by atoms with Crippen molar-refractivity contribution < 1.29 is 19.0 Å². The number of benzene rings is 2. The van der Waals surface area contributed by atoms with Gasteiger partial charge in [-0.05, 0) is 76.4 Å². The van der Waals surface area contributed by atoms with Crippen LogP contribution in [-0.2, 0) is 32.1 Å². The molecule has 1 saturated heterocycles. The Labute approximate surface area is 260 Å². The van der Waals surface area contributed by atoms with Gasteiger partial charge in [-0.25, -0.2) is 9.78 Å². The number of pyridine rings is 1. The SMILES string of the molecule is COC(=O)[C@@H](OC(C)(C)C)c1c(C)c2c3c(cc(C)n3CCN2c2cccc(CN3CCOCC3)n2)c1-c1ccc(C)cc1. The van der Waals surface area contributed by atoms with Crippen molar-refractivity contribution in [2.45, 2.75) is 66.3 Å². The number of nitrogens with zero attached hydrogens (tertiary/aromatic N) is 4. The lowest BCUT2D eigenvalue weighted by Gasteiger charge is -2.36. The van der Waals surface area contributed by atoms with Gasteiger partial charge >= 0.3 is 5.97 Å². The highest BCUT2D eigenvalue weighted by atomic mass is 16.6. The third-order valence-electron chi connectivity index (χ3n) is 8.69. The van der Waals surface area contributed by atoms with E-state index in [2.05, 4.69) is 83.7 Å². The summed E-state index contributed by atoms with van der Waals surface area (Å²) in [6.45, 7) is 18.0. The van der Waals surface area contributed by atoms with Crippen LogP contribution in [0.15, 0.2) is 48.5 Å². The van der Waals surface area contributed by atoms with Gasteiger partial charge in [0.2, 0.25) is 0 Å². The molecule has 4 heterocycles. The Hall–Kier alpha value is -3.72. The molecule has 44 heavy (non-hydrogen) atoms. The summed E-state index contributed by atoms with van der Waals surface area (Å²) in [5.74, 6) is 0.498. The van der Waals surface area contributed by atoms with Crippen molar-refractivity contribution in [3.63, 3.8) is 0 Å². The van der Waals surface area contributed by atoms with E-state index in [9.17, 15) is 4.79 Å². The molecular weight excluding hydrogens is 552 g/mol. The molecule has 8 nitrogen and oxygen atoms in total. The summed E-state index contributed by atoms with van der Waals surface area (Å²) in [7, 11) is 1.43. The van der Waals surface area contributed by atoms with Crippen molar-refractivity contribution in [1.29, 1.82) is 0 Å². The maximum absolute atomic E-state index is 13.6. The molecule has 232 valence electrons. The minimum Gasteiger partial charge on any atom is -0.467 e. The van der Waals surface area contributed by atoms with Gasteiger partial charge < -0.3 is 23.7 Å². The molecule has 8 heteroatoms. The second-order valence-electron chi connectivity index (χ2n) is 13.0. The van der Waals surface area contributed by atoms with Crippen molar-refractivity contribution in [2.75, 3.05) is 44.9 Å². The second-order valence-corrected chi connectivity index (χ2v) is 13.0. The molecule has 2 aromatic heterocycles. The van der Waals surface area contributed by atoms with Crippen LogP contribution in [0.25, 0.3) is 22.0 Å². The number of ether oxygens (including phenoxy) is 3. The van der Waals surface area contributed by atoms with Crippen LogP contribution in [0.5, 0.6) is 0 Å². The Morgan fingerprint density at radius 2 is 1.73 bits per heavy atom. The summed E-state index contributed by atoms with van der Waals surface area (Å²) in [6, 6.07) is 17.1. The van der Waals surface area contributed by atoms with Crippen molar-refractivity contribution >= 4 is 28.4 Å². The Balaban J connectivity index is 1.59. The fourth-order valence-corrected chi connectivity index (χ4v) is 6.66. The molecular formula is C36H44N4O4. The normalized spacial score (nSPS) is 16.4. The van der Waals surface area contributed by atoms with Gasteiger partial charge in [0.1, 0.15) is 5.82 Å². The lowest BCUT2D eigenvalue weighted by atomic mass is 9.86. The number of aromatic nitrogens is 2. The highest BCUT2D eigenvalue weighted by Gasteiger charge is 2.37. The summed E-state index contributed by atoms with van der Waals surface area (Å²) in [4.78, 5) is 23.5. The maximum Gasteiger partial charge on any atom is 0.339 e. The van der Waals surface area contributed by atoms with Crippen molar-refractivity contribution in [2.24, 2.45) is 0 Å². The van der Waals surface area contributed by atoms with Gasteiger partial charge in [0, 0.05) is 49.4 Å².